The van der Waals surface area contributed by atoms with E-state index in [1.54, 1.807) is 11.5 Å². The number of nitrogens with zero attached hydrogens (tertiary/aromatic N) is 6. The summed E-state index contributed by atoms with van der Waals surface area (Å²) >= 11 is 0. The van der Waals surface area contributed by atoms with Crippen molar-refractivity contribution in [2.45, 2.75) is 57.9 Å². The topological polar surface area (TPSA) is 78.0 Å². The van der Waals surface area contributed by atoms with Crippen LogP contribution in [-0.4, -0.2) is 50.9 Å². The Morgan fingerprint density at radius 2 is 1.87 bits per heavy atom. The standard InChI is InChI=1S/C27H28F4N6O/c1-18(38)12-35-10-8-26(15-32,9-11-35)16-36-14-22(28)23-24(36)33-17-34-25(23)37(21-6-7-21)13-19-2-4-20(5-3-19)27(29,30)31/h2-5,14,17,21H,6-13,16H2,1H3. The van der Waals surface area contributed by atoms with Gasteiger partial charge in [0.1, 0.15) is 23.6 Å². The number of ketones is 1. The number of benzene rings is 1. The van der Waals surface area contributed by atoms with E-state index in [0.29, 0.717) is 49.5 Å². The molecule has 200 valence electrons. The van der Waals surface area contributed by atoms with Crippen LogP contribution in [0.5, 0.6) is 0 Å². The fraction of sp³-hybridized carbons (Fsp3) is 0.481. The van der Waals surface area contributed by atoms with E-state index in [1.807, 2.05) is 9.80 Å². The number of carbonyl (C=O) groups excluding carboxylic acids is 1. The number of piperidine rings is 1. The molecule has 2 aliphatic rings. The van der Waals surface area contributed by atoms with Crippen LogP contribution < -0.4 is 4.90 Å². The molecule has 3 aromatic rings. The maximum Gasteiger partial charge on any atom is 0.416 e. The van der Waals surface area contributed by atoms with Crippen LogP contribution in [0.1, 0.15) is 43.7 Å². The monoisotopic (exact) mass is 528 g/mol. The molecule has 1 saturated heterocycles. The average molecular weight is 529 g/mol. The lowest BCUT2D eigenvalue weighted by Gasteiger charge is -2.37. The summed E-state index contributed by atoms with van der Waals surface area (Å²) in [6.45, 7) is 3.66. The number of Topliss-reactive ketones (excluding diaryl/α,β-unsaturated/α-hetero) is 1. The zero-order chi connectivity index (χ0) is 27.1. The van der Waals surface area contributed by atoms with Crippen LogP contribution in [0.25, 0.3) is 11.0 Å². The molecule has 11 heteroatoms. The van der Waals surface area contributed by atoms with Crippen molar-refractivity contribution in [3.05, 3.63) is 53.7 Å². The molecular weight excluding hydrogens is 500 g/mol. The molecule has 7 nitrogen and oxygen atoms in total. The lowest BCUT2D eigenvalue weighted by molar-refractivity contribution is -0.137. The van der Waals surface area contributed by atoms with Crippen molar-refractivity contribution in [1.82, 2.24) is 19.4 Å². The number of likely N-dealkylation sites (tertiary alicyclic amines) is 1. The van der Waals surface area contributed by atoms with Gasteiger partial charge in [0.15, 0.2) is 5.82 Å². The average Bonchev–Trinajstić information content (AvgIpc) is 3.67. The number of halogens is 4. The molecule has 3 heterocycles. The minimum absolute atomic E-state index is 0.0775. The van der Waals surface area contributed by atoms with Gasteiger partial charge in [-0.25, -0.2) is 14.4 Å². The summed E-state index contributed by atoms with van der Waals surface area (Å²) in [6.07, 6.45) is 1.17. The molecule has 0 amide bonds. The first-order valence-corrected chi connectivity index (χ1v) is 12.6. The first-order valence-electron chi connectivity index (χ1n) is 12.6. The molecule has 0 spiro atoms. The SMILES string of the molecule is CC(=O)CN1CCC(C#N)(Cn2cc(F)c3c(N(Cc4ccc(C(F)(F)F)cc4)C4CC4)ncnc32)CC1. The van der Waals surface area contributed by atoms with Crippen molar-refractivity contribution in [3.63, 3.8) is 0 Å². The molecule has 0 radical (unpaired) electrons. The predicted octanol–water partition coefficient (Wildman–Crippen LogP) is 4.95. The fourth-order valence-electron chi connectivity index (χ4n) is 5.24. The van der Waals surface area contributed by atoms with Gasteiger partial charge in [0.2, 0.25) is 0 Å². The fourth-order valence-corrected chi connectivity index (χ4v) is 5.24. The zero-order valence-electron chi connectivity index (χ0n) is 21.0. The second-order valence-electron chi connectivity index (χ2n) is 10.4. The Labute approximate surface area is 217 Å². The number of nitriles is 1. The third kappa shape index (κ3) is 5.36. The minimum atomic E-state index is -4.41. The first-order chi connectivity index (χ1) is 18.1. The molecule has 1 aliphatic carbocycles. The van der Waals surface area contributed by atoms with Gasteiger partial charge >= 0.3 is 6.18 Å². The third-order valence-electron chi connectivity index (χ3n) is 7.45. The first kappa shape index (κ1) is 26.1. The molecule has 0 unspecified atom stereocenters. The Morgan fingerprint density at radius 1 is 1.18 bits per heavy atom. The Balaban J connectivity index is 1.42. The molecule has 38 heavy (non-hydrogen) atoms. The molecule has 2 aromatic heterocycles. The van der Waals surface area contributed by atoms with Gasteiger partial charge in [-0.1, -0.05) is 12.1 Å². The summed E-state index contributed by atoms with van der Waals surface area (Å²) in [5.41, 5.74) is -0.387. The number of hydrogen-bond acceptors (Lipinski definition) is 6. The molecule has 0 N–H and O–H groups in total. The van der Waals surface area contributed by atoms with Gasteiger partial charge in [-0.05, 0) is 50.3 Å². The summed E-state index contributed by atoms with van der Waals surface area (Å²) in [5.74, 6) is -0.0274. The number of hydrogen-bond donors (Lipinski definition) is 0. The van der Waals surface area contributed by atoms with E-state index >= 15 is 4.39 Å². The second kappa shape index (κ2) is 9.98. The molecule has 1 aliphatic heterocycles. The van der Waals surface area contributed by atoms with Gasteiger partial charge in [-0.3, -0.25) is 9.69 Å². The Morgan fingerprint density at radius 3 is 2.45 bits per heavy atom. The zero-order valence-corrected chi connectivity index (χ0v) is 21.0. The maximum atomic E-state index is 15.4. The Hall–Kier alpha value is -3.52. The molecular formula is C27H28F4N6O. The summed E-state index contributed by atoms with van der Waals surface area (Å²) in [5, 5.41) is 10.3. The van der Waals surface area contributed by atoms with E-state index in [4.69, 9.17) is 0 Å². The van der Waals surface area contributed by atoms with E-state index in [1.165, 1.54) is 24.7 Å². The second-order valence-corrected chi connectivity index (χ2v) is 10.4. The highest BCUT2D eigenvalue weighted by Gasteiger charge is 2.37. The van der Waals surface area contributed by atoms with Crippen molar-refractivity contribution < 1.29 is 22.4 Å². The number of anilines is 1. The number of aromatic nitrogens is 3. The van der Waals surface area contributed by atoms with Crippen LogP contribution in [0.2, 0.25) is 0 Å². The van der Waals surface area contributed by atoms with Crippen LogP contribution in [0.3, 0.4) is 0 Å². The molecule has 2 fully saturated rings. The van der Waals surface area contributed by atoms with E-state index < -0.39 is 23.0 Å². The van der Waals surface area contributed by atoms with E-state index in [2.05, 4.69) is 16.0 Å². The smallest absolute Gasteiger partial charge is 0.349 e. The Bertz CT molecular complexity index is 1370. The van der Waals surface area contributed by atoms with Crippen LogP contribution in [0.4, 0.5) is 23.4 Å². The normalized spacial score (nSPS) is 17.9. The quantitative estimate of drug-likeness (QED) is 0.385. The third-order valence-corrected chi connectivity index (χ3v) is 7.45. The van der Waals surface area contributed by atoms with Crippen LogP contribution >= 0.6 is 0 Å². The summed E-state index contributed by atoms with van der Waals surface area (Å²) in [7, 11) is 0. The van der Waals surface area contributed by atoms with Gasteiger partial charge in [-0.15, -0.1) is 0 Å². The lowest BCUT2D eigenvalue weighted by atomic mass is 9.79. The molecule has 0 bridgehead atoms. The largest absolute Gasteiger partial charge is 0.416 e. The molecule has 1 saturated carbocycles. The molecule has 0 atom stereocenters. The highest BCUT2D eigenvalue weighted by molar-refractivity contribution is 5.89. The van der Waals surface area contributed by atoms with Crippen LogP contribution in [0, 0.1) is 22.6 Å². The maximum absolute atomic E-state index is 15.4. The number of fused-ring (bicyclic) bond motifs is 1. The number of carbonyl (C=O) groups is 1. The van der Waals surface area contributed by atoms with Gasteiger partial charge in [-0.2, -0.15) is 18.4 Å². The van der Waals surface area contributed by atoms with Crippen molar-refractivity contribution >= 4 is 22.6 Å². The lowest BCUT2D eigenvalue weighted by Crippen LogP contribution is -2.43. The van der Waals surface area contributed by atoms with E-state index in [-0.39, 0.29) is 30.3 Å². The molecule has 1 aromatic carbocycles. The summed E-state index contributed by atoms with van der Waals surface area (Å²) in [6, 6.07) is 7.52. The summed E-state index contributed by atoms with van der Waals surface area (Å²) < 4.78 is 56.1. The Kier molecular flexibility index (Phi) is 6.86. The molecule has 5 rings (SSSR count). The van der Waals surface area contributed by atoms with Gasteiger partial charge in [0, 0.05) is 38.4 Å². The highest BCUT2D eigenvalue weighted by Crippen LogP contribution is 2.39. The number of rotatable bonds is 8. The van der Waals surface area contributed by atoms with Gasteiger partial charge in [0.25, 0.3) is 0 Å². The highest BCUT2D eigenvalue weighted by atomic mass is 19.4. The summed E-state index contributed by atoms with van der Waals surface area (Å²) in [4.78, 5) is 24.2. The van der Waals surface area contributed by atoms with Gasteiger partial charge in [0.05, 0.1) is 29.0 Å². The van der Waals surface area contributed by atoms with Crippen molar-refractivity contribution in [1.29, 1.82) is 5.26 Å². The van der Waals surface area contributed by atoms with Crippen molar-refractivity contribution in [3.8, 4) is 6.07 Å². The van der Waals surface area contributed by atoms with E-state index in [9.17, 15) is 23.2 Å². The van der Waals surface area contributed by atoms with Gasteiger partial charge < -0.3 is 9.47 Å². The minimum Gasteiger partial charge on any atom is -0.349 e. The van der Waals surface area contributed by atoms with Crippen molar-refractivity contribution in [2.24, 2.45) is 5.41 Å². The van der Waals surface area contributed by atoms with E-state index in [0.717, 1.165) is 25.0 Å². The van der Waals surface area contributed by atoms with Crippen LogP contribution in [0.15, 0.2) is 36.8 Å². The predicted molar refractivity (Wildman–Crippen MR) is 133 cm³/mol. The van der Waals surface area contributed by atoms with Crippen molar-refractivity contribution in [2.75, 3.05) is 24.5 Å². The number of alkyl halides is 3. The van der Waals surface area contributed by atoms with Crippen LogP contribution in [-0.2, 0) is 24.1 Å².